The van der Waals surface area contributed by atoms with Gasteiger partial charge in [-0.25, -0.2) is 0 Å². The third-order valence-electron chi connectivity index (χ3n) is 4.64. The lowest BCUT2D eigenvalue weighted by atomic mass is 9.92. The fourth-order valence-electron chi connectivity index (χ4n) is 3.48. The van der Waals surface area contributed by atoms with E-state index in [-0.39, 0.29) is 35.8 Å². The summed E-state index contributed by atoms with van der Waals surface area (Å²) in [6, 6.07) is 0. The summed E-state index contributed by atoms with van der Waals surface area (Å²) in [7, 11) is 0. The summed E-state index contributed by atoms with van der Waals surface area (Å²) in [5.41, 5.74) is 0. The van der Waals surface area contributed by atoms with Gasteiger partial charge in [-0.15, -0.1) is 24.0 Å². The Kier molecular flexibility index (Phi) is 10.7. The molecule has 2 atom stereocenters. The van der Waals surface area contributed by atoms with Gasteiger partial charge in [0.15, 0.2) is 5.96 Å². The minimum atomic E-state index is 0. The van der Waals surface area contributed by atoms with Crippen LogP contribution in [-0.2, 0) is 4.79 Å². The summed E-state index contributed by atoms with van der Waals surface area (Å²) in [6.45, 7) is 13.2. The van der Waals surface area contributed by atoms with E-state index in [1.54, 1.807) is 0 Å². The maximum absolute atomic E-state index is 11.6. The van der Waals surface area contributed by atoms with Crippen LogP contribution in [0.2, 0.25) is 0 Å². The lowest BCUT2D eigenvalue weighted by Gasteiger charge is -2.34. The molecule has 146 valence electrons. The highest BCUT2D eigenvalue weighted by atomic mass is 127. The first kappa shape index (κ1) is 22.5. The van der Waals surface area contributed by atoms with Crippen molar-refractivity contribution >= 4 is 35.8 Å². The molecule has 0 spiro atoms. The van der Waals surface area contributed by atoms with Crippen molar-refractivity contribution in [2.24, 2.45) is 22.7 Å². The van der Waals surface area contributed by atoms with Crippen LogP contribution >= 0.6 is 24.0 Å². The Morgan fingerprint density at radius 3 is 2.32 bits per heavy atom. The first-order valence-electron chi connectivity index (χ1n) is 9.60. The highest BCUT2D eigenvalue weighted by molar-refractivity contribution is 14.0. The van der Waals surface area contributed by atoms with Crippen LogP contribution in [-0.4, -0.2) is 62.6 Å². The average Bonchev–Trinajstić information content (AvgIpc) is 3.35. The summed E-state index contributed by atoms with van der Waals surface area (Å²) in [5, 5.41) is 9.53. The molecule has 25 heavy (non-hydrogen) atoms. The second kappa shape index (κ2) is 11.9. The van der Waals surface area contributed by atoms with Crippen molar-refractivity contribution < 1.29 is 4.79 Å². The molecule has 0 aromatic carbocycles. The van der Waals surface area contributed by atoms with Crippen LogP contribution in [0.3, 0.4) is 0 Å². The van der Waals surface area contributed by atoms with E-state index in [9.17, 15) is 4.79 Å². The number of guanidine groups is 1. The second-order valence-electron chi connectivity index (χ2n) is 7.46. The standard InChI is InChI=1S/C18H35N5O.HI/c1-4-19-18(21-8-7-20-17(24)16-5-6-16)22-9-10-23-12-14(2)11-15(3)13-23;/h14-16H,4-13H2,1-3H3,(H,20,24)(H2,19,21,22);1H. The number of hydrogen-bond donors (Lipinski definition) is 3. The SMILES string of the molecule is CCNC(=NCCN1CC(C)CC(C)C1)NCCNC(=O)C1CC1.I. The van der Waals surface area contributed by atoms with Crippen LogP contribution in [0, 0.1) is 17.8 Å². The molecular formula is C18H36IN5O. The van der Waals surface area contributed by atoms with Crippen molar-refractivity contribution in [2.45, 2.75) is 40.0 Å². The van der Waals surface area contributed by atoms with Gasteiger partial charge in [0.25, 0.3) is 0 Å². The van der Waals surface area contributed by atoms with Gasteiger partial charge in [0, 0.05) is 45.2 Å². The molecule has 7 heteroatoms. The number of piperidine rings is 1. The number of hydrogen-bond acceptors (Lipinski definition) is 3. The zero-order valence-corrected chi connectivity index (χ0v) is 18.3. The van der Waals surface area contributed by atoms with Gasteiger partial charge in [-0.05, 0) is 38.0 Å². The Balaban J connectivity index is 0.00000312. The molecule has 2 aliphatic rings. The number of likely N-dealkylation sites (tertiary alicyclic amines) is 1. The summed E-state index contributed by atoms with van der Waals surface area (Å²) < 4.78 is 0. The molecule has 1 aliphatic heterocycles. The number of carbonyl (C=O) groups is 1. The smallest absolute Gasteiger partial charge is 0.223 e. The lowest BCUT2D eigenvalue weighted by molar-refractivity contribution is -0.122. The second-order valence-corrected chi connectivity index (χ2v) is 7.46. The fourth-order valence-corrected chi connectivity index (χ4v) is 3.48. The van der Waals surface area contributed by atoms with Crippen LogP contribution in [0.1, 0.15) is 40.0 Å². The molecule has 0 aromatic rings. The maximum Gasteiger partial charge on any atom is 0.223 e. The molecule has 1 saturated heterocycles. The van der Waals surface area contributed by atoms with E-state index >= 15 is 0 Å². The van der Waals surface area contributed by atoms with E-state index in [1.807, 2.05) is 0 Å². The summed E-state index contributed by atoms with van der Waals surface area (Å²) in [4.78, 5) is 18.8. The van der Waals surface area contributed by atoms with E-state index in [0.717, 1.165) is 50.3 Å². The zero-order valence-electron chi connectivity index (χ0n) is 16.0. The van der Waals surface area contributed by atoms with E-state index in [1.165, 1.54) is 19.5 Å². The van der Waals surface area contributed by atoms with Crippen molar-refractivity contribution in [3.8, 4) is 0 Å². The molecule has 0 radical (unpaired) electrons. The van der Waals surface area contributed by atoms with E-state index < -0.39 is 0 Å². The third-order valence-corrected chi connectivity index (χ3v) is 4.64. The molecule has 2 fully saturated rings. The molecule has 0 bridgehead atoms. The number of carbonyl (C=O) groups excluding carboxylic acids is 1. The summed E-state index contributed by atoms with van der Waals surface area (Å²) in [5.74, 6) is 2.91. The van der Waals surface area contributed by atoms with Gasteiger partial charge in [-0.1, -0.05) is 13.8 Å². The number of halogens is 1. The molecular weight excluding hydrogens is 429 g/mol. The van der Waals surface area contributed by atoms with Gasteiger partial charge in [-0.2, -0.15) is 0 Å². The molecule has 2 rings (SSSR count). The summed E-state index contributed by atoms with van der Waals surface area (Å²) in [6.07, 6.45) is 3.45. The Morgan fingerprint density at radius 2 is 1.72 bits per heavy atom. The zero-order chi connectivity index (χ0) is 17.4. The van der Waals surface area contributed by atoms with Gasteiger partial charge in [0.2, 0.25) is 5.91 Å². The number of rotatable bonds is 8. The van der Waals surface area contributed by atoms with Crippen molar-refractivity contribution in [2.75, 3.05) is 45.8 Å². The molecule has 1 aliphatic carbocycles. The van der Waals surface area contributed by atoms with E-state index in [0.29, 0.717) is 13.1 Å². The number of nitrogens with one attached hydrogen (secondary N) is 3. The van der Waals surface area contributed by atoms with Crippen LogP contribution in [0.15, 0.2) is 4.99 Å². The minimum absolute atomic E-state index is 0. The van der Waals surface area contributed by atoms with Gasteiger partial charge < -0.3 is 20.9 Å². The molecule has 1 heterocycles. The first-order valence-corrected chi connectivity index (χ1v) is 9.60. The average molecular weight is 465 g/mol. The lowest BCUT2D eigenvalue weighted by Crippen LogP contribution is -2.43. The van der Waals surface area contributed by atoms with Crippen molar-refractivity contribution in [1.29, 1.82) is 0 Å². The first-order chi connectivity index (χ1) is 11.6. The van der Waals surface area contributed by atoms with Gasteiger partial charge in [0.05, 0.1) is 6.54 Å². The fraction of sp³-hybridized carbons (Fsp3) is 0.889. The van der Waals surface area contributed by atoms with Gasteiger partial charge >= 0.3 is 0 Å². The van der Waals surface area contributed by atoms with Crippen molar-refractivity contribution in [3.63, 3.8) is 0 Å². The monoisotopic (exact) mass is 465 g/mol. The van der Waals surface area contributed by atoms with Crippen LogP contribution in [0.25, 0.3) is 0 Å². The Labute approximate surface area is 170 Å². The normalized spacial score (nSPS) is 24.4. The Bertz CT molecular complexity index is 418. The van der Waals surface area contributed by atoms with Gasteiger partial charge in [0.1, 0.15) is 0 Å². The molecule has 0 aromatic heterocycles. The van der Waals surface area contributed by atoms with Crippen LogP contribution in [0.5, 0.6) is 0 Å². The largest absolute Gasteiger partial charge is 0.357 e. The summed E-state index contributed by atoms with van der Waals surface area (Å²) >= 11 is 0. The number of nitrogens with zero attached hydrogens (tertiary/aromatic N) is 2. The molecule has 6 nitrogen and oxygen atoms in total. The third kappa shape index (κ3) is 9.08. The van der Waals surface area contributed by atoms with E-state index in [2.05, 4.69) is 46.6 Å². The number of amides is 1. The maximum atomic E-state index is 11.6. The number of aliphatic imine (C=N–C) groups is 1. The van der Waals surface area contributed by atoms with Crippen molar-refractivity contribution in [1.82, 2.24) is 20.9 Å². The Morgan fingerprint density at radius 1 is 1.08 bits per heavy atom. The molecule has 1 amide bonds. The van der Waals surface area contributed by atoms with Crippen LogP contribution in [0.4, 0.5) is 0 Å². The quantitative estimate of drug-likeness (QED) is 0.221. The topological polar surface area (TPSA) is 68.8 Å². The highest BCUT2D eigenvalue weighted by Gasteiger charge is 2.29. The van der Waals surface area contributed by atoms with Crippen molar-refractivity contribution in [3.05, 3.63) is 0 Å². The molecule has 2 unspecified atom stereocenters. The molecule has 3 N–H and O–H groups in total. The minimum Gasteiger partial charge on any atom is -0.357 e. The predicted molar refractivity (Wildman–Crippen MR) is 115 cm³/mol. The van der Waals surface area contributed by atoms with Gasteiger partial charge in [-0.3, -0.25) is 9.79 Å². The van der Waals surface area contributed by atoms with E-state index in [4.69, 9.17) is 0 Å². The predicted octanol–water partition coefficient (Wildman–Crippen LogP) is 1.66. The highest BCUT2D eigenvalue weighted by Crippen LogP contribution is 2.28. The molecule has 1 saturated carbocycles. The van der Waals surface area contributed by atoms with Crippen LogP contribution < -0.4 is 16.0 Å². The Hall–Kier alpha value is -0.570.